The van der Waals surface area contributed by atoms with Crippen LogP contribution in [-0.2, 0) is 4.79 Å². The van der Waals surface area contributed by atoms with E-state index in [9.17, 15) is 13.6 Å². The van der Waals surface area contributed by atoms with Gasteiger partial charge in [0, 0.05) is 31.1 Å². The highest BCUT2D eigenvalue weighted by molar-refractivity contribution is 5.83. The molecule has 124 valence electrons. The third kappa shape index (κ3) is 3.11. The number of nitrogens with one attached hydrogen (secondary N) is 1. The van der Waals surface area contributed by atoms with Crippen molar-refractivity contribution in [2.75, 3.05) is 13.1 Å². The Labute approximate surface area is 135 Å². The molecule has 2 saturated carbocycles. The molecule has 2 aliphatic carbocycles. The molecule has 1 aromatic carbocycles. The molecule has 1 heterocycles. The van der Waals surface area contributed by atoms with Crippen LogP contribution in [0.2, 0.25) is 0 Å². The molecule has 0 unspecified atom stereocenters. The average molecular weight is 320 g/mol. The van der Waals surface area contributed by atoms with E-state index < -0.39 is 11.6 Å². The molecule has 0 spiro atoms. The first kappa shape index (κ1) is 15.1. The molecule has 1 aliphatic heterocycles. The summed E-state index contributed by atoms with van der Waals surface area (Å²) in [6.07, 6.45) is 5.25. The van der Waals surface area contributed by atoms with Gasteiger partial charge in [0.25, 0.3) is 0 Å². The van der Waals surface area contributed by atoms with Crippen LogP contribution in [0.15, 0.2) is 18.2 Å². The minimum absolute atomic E-state index is 0.00327. The van der Waals surface area contributed by atoms with Gasteiger partial charge in [-0.05, 0) is 49.7 Å². The molecule has 5 heteroatoms. The third-order valence-electron chi connectivity index (χ3n) is 5.45. The number of halogens is 2. The number of nitrogens with zero attached hydrogens (tertiary/aromatic N) is 1. The predicted molar refractivity (Wildman–Crippen MR) is 83.0 cm³/mol. The fourth-order valence-electron chi connectivity index (χ4n) is 3.79. The second-order valence-electron chi connectivity index (χ2n) is 7.14. The molecule has 1 N–H and O–H groups in total. The van der Waals surface area contributed by atoms with E-state index in [4.69, 9.17) is 0 Å². The Balaban J connectivity index is 1.30. The van der Waals surface area contributed by atoms with Gasteiger partial charge in [-0.2, -0.15) is 0 Å². The van der Waals surface area contributed by atoms with Gasteiger partial charge in [0.05, 0.1) is 0 Å². The number of amides is 1. The summed E-state index contributed by atoms with van der Waals surface area (Å²) in [5, 5.41) is 3.11. The van der Waals surface area contributed by atoms with Crippen LogP contribution in [0.3, 0.4) is 0 Å². The summed E-state index contributed by atoms with van der Waals surface area (Å²) in [4.78, 5) is 14.9. The zero-order valence-electron chi connectivity index (χ0n) is 13.1. The van der Waals surface area contributed by atoms with Gasteiger partial charge in [-0.25, -0.2) is 8.78 Å². The largest absolute Gasteiger partial charge is 0.353 e. The lowest BCUT2D eigenvalue weighted by molar-refractivity contribution is -0.123. The molecule has 3 aliphatic rings. The predicted octanol–water partition coefficient (Wildman–Crippen LogP) is 2.81. The zero-order chi connectivity index (χ0) is 16.0. The lowest BCUT2D eigenvalue weighted by Crippen LogP contribution is -2.45. The van der Waals surface area contributed by atoms with Crippen molar-refractivity contribution in [2.45, 2.75) is 50.1 Å². The topological polar surface area (TPSA) is 32.3 Å². The summed E-state index contributed by atoms with van der Waals surface area (Å²) in [6, 6.07) is 5.23. The smallest absolute Gasteiger partial charge is 0.223 e. The molecular formula is C18H22F2N2O. The summed E-state index contributed by atoms with van der Waals surface area (Å²) >= 11 is 0. The maximum atomic E-state index is 13.8. The Kier molecular flexibility index (Phi) is 3.84. The lowest BCUT2D eigenvalue weighted by Gasteiger charge is -2.32. The van der Waals surface area contributed by atoms with E-state index in [-0.39, 0.29) is 23.8 Å². The zero-order valence-corrected chi connectivity index (χ0v) is 13.1. The Morgan fingerprint density at radius 1 is 1.13 bits per heavy atom. The van der Waals surface area contributed by atoms with Crippen LogP contribution < -0.4 is 5.32 Å². The minimum atomic E-state index is -0.832. The number of benzene rings is 1. The van der Waals surface area contributed by atoms with E-state index in [1.165, 1.54) is 18.9 Å². The molecule has 0 radical (unpaired) electrons. The molecule has 2 atom stereocenters. The highest BCUT2D eigenvalue weighted by atomic mass is 19.2. The maximum absolute atomic E-state index is 13.8. The molecule has 3 fully saturated rings. The summed E-state index contributed by atoms with van der Waals surface area (Å²) in [7, 11) is 0. The standard InChI is InChI=1S/C18H22F2N2O/c19-16-3-1-2-13(17(16)20)14-10-15(14)18(23)21-11-6-8-22(9-7-11)12-4-5-12/h1-3,11-12,14-15H,4-10H2,(H,21,23)/t14-,15+/m0/s1. The first-order chi connectivity index (χ1) is 11.1. The third-order valence-corrected chi connectivity index (χ3v) is 5.45. The van der Waals surface area contributed by atoms with Crippen molar-refractivity contribution in [3.05, 3.63) is 35.4 Å². The van der Waals surface area contributed by atoms with Crippen molar-refractivity contribution in [2.24, 2.45) is 5.92 Å². The number of carbonyl (C=O) groups excluding carboxylic acids is 1. The number of hydrogen-bond acceptors (Lipinski definition) is 2. The molecular weight excluding hydrogens is 298 g/mol. The number of likely N-dealkylation sites (tertiary alicyclic amines) is 1. The van der Waals surface area contributed by atoms with Crippen molar-refractivity contribution in [1.29, 1.82) is 0 Å². The number of carbonyl (C=O) groups is 1. The fraction of sp³-hybridized carbons (Fsp3) is 0.611. The highest BCUT2D eigenvalue weighted by Crippen LogP contribution is 2.48. The van der Waals surface area contributed by atoms with E-state index >= 15 is 0 Å². The van der Waals surface area contributed by atoms with Crippen LogP contribution in [-0.4, -0.2) is 36.0 Å². The van der Waals surface area contributed by atoms with Gasteiger partial charge in [-0.3, -0.25) is 4.79 Å². The van der Waals surface area contributed by atoms with E-state index in [0.717, 1.165) is 38.0 Å². The van der Waals surface area contributed by atoms with E-state index in [1.54, 1.807) is 6.07 Å². The second-order valence-corrected chi connectivity index (χ2v) is 7.14. The van der Waals surface area contributed by atoms with Crippen LogP contribution in [0.4, 0.5) is 8.78 Å². The molecule has 23 heavy (non-hydrogen) atoms. The summed E-state index contributed by atoms with van der Waals surface area (Å²) in [5.41, 5.74) is 0.341. The van der Waals surface area contributed by atoms with Gasteiger partial charge in [0.15, 0.2) is 11.6 Å². The van der Waals surface area contributed by atoms with Gasteiger partial charge in [-0.1, -0.05) is 12.1 Å². The first-order valence-electron chi connectivity index (χ1n) is 8.62. The Morgan fingerprint density at radius 3 is 2.57 bits per heavy atom. The van der Waals surface area contributed by atoms with Crippen LogP contribution in [0.25, 0.3) is 0 Å². The number of rotatable bonds is 4. The fourth-order valence-corrected chi connectivity index (χ4v) is 3.79. The number of piperidine rings is 1. The molecule has 3 nitrogen and oxygen atoms in total. The average Bonchev–Trinajstić information content (AvgIpc) is 3.44. The number of hydrogen-bond donors (Lipinski definition) is 1. The van der Waals surface area contributed by atoms with Gasteiger partial charge in [0.2, 0.25) is 5.91 Å². The van der Waals surface area contributed by atoms with Crippen molar-refractivity contribution >= 4 is 5.91 Å². The van der Waals surface area contributed by atoms with Crippen molar-refractivity contribution in [3.8, 4) is 0 Å². The van der Waals surface area contributed by atoms with Gasteiger partial charge >= 0.3 is 0 Å². The monoisotopic (exact) mass is 320 g/mol. The van der Waals surface area contributed by atoms with Crippen LogP contribution in [0.1, 0.15) is 43.6 Å². The van der Waals surface area contributed by atoms with Crippen molar-refractivity contribution in [3.63, 3.8) is 0 Å². The summed E-state index contributed by atoms with van der Waals surface area (Å²) < 4.78 is 27.1. The van der Waals surface area contributed by atoms with Crippen molar-refractivity contribution in [1.82, 2.24) is 10.2 Å². The van der Waals surface area contributed by atoms with Gasteiger partial charge < -0.3 is 10.2 Å². The molecule has 1 aromatic rings. The Hall–Kier alpha value is -1.49. The maximum Gasteiger partial charge on any atom is 0.223 e. The molecule has 1 amide bonds. The van der Waals surface area contributed by atoms with Crippen molar-refractivity contribution < 1.29 is 13.6 Å². The minimum Gasteiger partial charge on any atom is -0.353 e. The van der Waals surface area contributed by atoms with Gasteiger partial charge in [-0.15, -0.1) is 0 Å². The first-order valence-corrected chi connectivity index (χ1v) is 8.62. The highest BCUT2D eigenvalue weighted by Gasteiger charge is 2.46. The normalized spacial score (nSPS) is 28.6. The molecule has 1 saturated heterocycles. The van der Waals surface area contributed by atoms with Crippen LogP contribution in [0, 0.1) is 17.6 Å². The Bertz CT molecular complexity index is 609. The van der Waals surface area contributed by atoms with E-state index in [2.05, 4.69) is 10.2 Å². The van der Waals surface area contributed by atoms with Gasteiger partial charge in [0.1, 0.15) is 0 Å². The van der Waals surface area contributed by atoms with E-state index in [0.29, 0.717) is 12.0 Å². The van der Waals surface area contributed by atoms with E-state index in [1.807, 2.05) is 0 Å². The Morgan fingerprint density at radius 2 is 1.87 bits per heavy atom. The molecule has 4 rings (SSSR count). The quantitative estimate of drug-likeness (QED) is 0.925. The summed E-state index contributed by atoms with van der Waals surface area (Å²) in [5.74, 6) is -2.00. The lowest BCUT2D eigenvalue weighted by atomic mass is 10.0. The summed E-state index contributed by atoms with van der Waals surface area (Å²) in [6.45, 7) is 2.12. The second kappa shape index (κ2) is 5.86. The molecule has 0 aromatic heterocycles. The SMILES string of the molecule is O=C(NC1CCN(C2CC2)CC1)[C@@H]1C[C@H]1c1cccc(F)c1F. The van der Waals surface area contributed by atoms with Crippen LogP contribution in [0.5, 0.6) is 0 Å². The molecule has 0 bridgehead atoms. The van der Waals surface area contributed by atoms with Crippen LogP contribution >= 0.6 is 0 Å².